The number of aromatic nitrogens is 2. The van der Waals surface area contributed by atoms with Gasteiger partial charge in [-0.15, -0.1) is 0 Å². The van der Waals surface area contributed by atoms with E-state index in [2.05, 4.69) is 30.2 Å². The molecule has 4 rings (SSSR count). The number of nitrogens with zero attached hydrogens (tertiary/aromatic N) is 3. The molecule has 2 aromatic heterocycles. The summed E-state index contributed by atoms with van der Waals surface area (Å²) in [6.07, 6.45) is 0.188. The summed E-state index contributed by atoms with van der Waals surface area (Å²) in [5.74, 6) is 0.642. The average molecular weight is 399 g/mol. The standard InChI is InChI=1S/C20H19ClN4O3/c1-11(2)12-3-4-16-13(7-12)8-14(18(21)23-16)9-15-10-17(25(27)28)19-22-5-6-24(19)20(15)26/h3-4,7-8,10-11,22H,5-6,9H2,1-2H3. The maximum atomic E-state index is 12.8. The molecule has 0 atom stereocenters. The SMILES string of the molecule is CC(C)c1ccc2nc(Cl)c(Cc3cc([N+](=O)[O-])c4n(c3=O)CCN4)cc2c1. The lowest BCUT2D eigenvalue weighted by molar-refractivity contribution is -0.384. The minimum Gasteiger partial charge on any atom is -0.364 e. The molecule has 1 aromatic carbocycles. The molecule has 7 nitrogen and oxygen atoms in total. The maximum absolute atomic E-state index is 12.8. The van der Waals surface area contributed by atoms with Crippen molar-refractivity contribution in [2.45, 2.75) is 32.7 Å². The first-order chi connectivity index (χ1) is 13.3. The summed E-state index contributed by atoms with van der Waals surface area (Å²) in [5.41, 5.74) is 2.63. The molecule has 0 amide bonds. The number of nitro groups is 1. The lowest BCUT2D eigenvalue weighted by atomic mass is 9.99. The molecule has 144 valence electrons. The minimum atomic E-state index is -0.470. The second-order valence-corrected chi connectivity index (χ2v) is 7.62. The molecule has 0 radical (unpaired) electrons. The molecule has 0 fully saturated rings. The number of rotatable bonds is 4. The van der Waals surface area contributed by atoms with Crippen molar-refractivity contribution in [3.05, 3.63) is 72.6 Å². The van der Waals surface area contributed by atoms with Crippen LogP contribution in [0.25, 0.3) is 10.9 Å². The van der Waals surface area contributed by atoms with E-state index >= 15 is 0 Å². The molecule has 0 spiro atoms. The van der Waals surface area contributed by atoms with E-state index in [1.54, 1.807) is 0 Å². The quantitative estimate of drug-likeness (QED) is 0.406. The third kappa shape index (κ3) is 3.11. The van der Waals surface area contributed by atoms with Crippen LogP contribution >= 0.6 is 11.6 Å². The van der Waals surface area contributed by atoms with Crippen LogP contribution in [0, 0.1) is 10.1 Å². The highest BCUT2D eigenvalue weighted by atomic mass is 35.5. The average Bonchev–Trinajstić information content (AvgIpc) is 3.13. The van der Waals surface area contributed by atoms with Gasteiger partial charge in [-0.1, -0.05) is 31.5 Å². The van der Waals surface area contributed by atoms with Crippen molar-refractivity contribution >= 4 is 34.0 Å². The van der Waals surface area contributed by atoms with Gasteiger partial charge in [0, 0.05) is 36.5 Å². The summed E-state index contributed by atoms with van der Waals surface area (Å²) in [4.78, 5) is 28.2. The normalized spacial score (nSPS) is 13.0. The van der Waals surface area contributed by atoms with Crippen molar-refractivity contribution in [2.24, 2.45) is 0 Å². The number of fused-ring (bicyclic) bond motifs is 2. The number of pyridine rings is 2. The molecular weight excluding hydrogens is 380 g/mol. The van der Waals surface area contributed by atoms with Crippen LogP contribution in [0.2, 0.25) is 5.15 Å². The zero-order valence-corrected chi connectivity index (χ0v) is 16.3. The number of hydrogen-bond acceptors (Lipinski definition) is 5. The zero-order chi connectivity index (χ0) is 20.0. The highest BCUT2D eigenvalue weighted by molar-refractivity contribution is 6.30. The predicted octanol–water partition coefficient (Wildman–Crippen LogP) is 4.10. The van der Waals surface area contributed by atoms with Gasteiger partial charge in [0.05, 0.1) is 10.4 Å². The van der Waals surface area contributed by atoms with Crippen molar-refractivity contribution in [3.8, 4) is 0 Å². The van der Waals surface area contributed by atoms with Gasteiger partial charge in [-0.05, 0) is 35.2 Å². The molecule has 1 aliphatic heterocycles. The van der Waals surface area contributed by atoms with Gasteiger partial charge in [0.1, 0.15) is 5.15 Å². The van der Waals surface area contributed by atoms with Crippen LogP contribution in [0.1, 0.15) is 36.5 Å². The topological polar surface area (TPSA) is 90.1 Å². The number of nitrogens with one attached hydrogen (secondary N) is 1. The van der Waals surface area contributed by atoms with Crippen LogP contribution < -0.4 is 10.9 Å². The molecule has 0 unspecified atom stereocenters. The summed E-state index contributed by atoms with van der Waals surface area (Å²) in [7, 11) is 0. The molecule has 0 bridgehead atoms. The Morgan fingerprint density at radius 2 is 2.07 bits per heavy atom. The van der Waals surface area contributed by atoms with Gasteiger partial charge in [-0.25, -0.2) is 4.98 Å². The summed E-state index contributed by atoms with van der Waals surface area (Å²) in [6, 6.07) is 9.28. The van der Waals surface area contributed by atoms with Gasteiger partial charge < -0.3 is 5.32 Å². The molecular formula is C20H19ClN4O3. The van der Waals surface area contributed by atoms with Gasteiger partial charge >= 0.3 is 5.69 Å². The van der Waals surface area contributed by atoms with Crippen LogP contribution in [0.3, 0.4) is 0 Å². The van der Waals surface area contributed by atoms with Crippen molar-refractivity contribution < 1.29 is 4.92 Å². The van der Waals surface area contributed by atoms with E-state index in [1.807, 2.05) is 18.2 Å². The van der Waals surface area contributed by atoms with Crippen LogP contribution in [-0.4, -0.2) is 21.0 Å². The molecule has 0 saturated carbocycles. The highest BCUT2D eigenvalue weighted by Crippen LogP contribution is 2.29. The van der Waals surface area contributed by atoms with E-state index in [9.17, 15) is 14.9 Å². The van der Waals surface area contributed by atoms with Gasteiger partial charge in [-0.3, -0.25) is 19.5 Å². The van der Waals surface area contributed by atoms with E-state index in [-0.39, 0.29) is 23.5 Å². The number of hydrogen-bond donors (Lipinski definition) is 1. The van der Waals surface area contributed by atoms with E-state index in [0.29, 0.717) is 35.3 Å². The summed E-state index contributed by atoms with van der Waals surface area (Å²) in [6.45, 7) is 5.13. The molecule has 0 aliphatic carbocycles. The van der Waals surface area contributed by atoms with Crippen molar-refractivity contribution in [3.63, 3.8) is 0 Å². The molecule has 3 heterocycles. The van der Waals surface area contributed by atoms with Crippen LogP contribution in [-0.2, 0) is 13.0 Å². The fourth-order valence-corrected chi connectivity index (χ4v) is 3.78. The molecule has 1 aliphatic rings. The van der Waals surface area contributed by atoms with Gasteiger partial charge in [0.2, 0.25) is 0 Å². The van der Waals surface area contributed by atoms with E-state index < -0.39 is 4.92 Å². The Bertz CT molecular complexity index is 1170. The molecule has 8 heteroatoms. The lowest BCUT2D eigenvalue weighted by Crippen LogP contribution is -2.23. The van der Waals surface area contributed by atoms with Crippen LogP contribution in [0.4, 0.5) is 11.5 Å². The Hall–Kier alpha value is -2.93. The van der Waals surface area contributed by atoms with Gasteiger partial charge in [-0.2, -0.15) is 0 Å². The van der Waals surface area contributed by atoms with Crippen LogP contribution in [0.15, 0.2) is 35.1 Å². The first-order valence-electron chi connectivity index (χ1n) is 9.09. The van der Waals surface area contributed by atoms with Crippen LogP contribution in [0.5, 0.6) is 0 Å². The summed E-state index contributed by atoms with van der Waals surface area (Å²) < 4.78 is 1.42. The molecule has 28 heavy (non-hydrogen) atoms. The monoisotopic (exact) mass is 398 g/mol. The number of halogens is 1. The third-order valence-corrected chi connectivity index (χ3v) is 5.41. The van der Waals surface area contributed by atoms with Crippen molar-refractivity contribution in [2.75, 3.05) is 11.9 Å². The summed E-state index contributed by atoms with van der Waals surface area (Å²) >= 11 is 6.36. The fraction of sp³-hybridized carbons (Fsp3) is 0.300. The first-order valence-corrected chi connectivity index (χ1v) is 9.47. The number of anilines is 1. The molecule has 1 N–H and O–H groups in total. The zero-order valence-electron chi connectivity index (χ0n) is 15.5. The minimum absolute atomic E-state index is 0.0981. The Morgan fingerprint density at radius 1 is 1.29 bits per heavy atom. The fourth-order valence-electron chi connectivity index (χ4n) is 3.56. The third-order valence-electron chi connectivity index (χ3n) is 5.08. The molecule has 0 saturated heterocycles. The Morgan fingerprint density at radius 3 is 2.79 bits per heavy atom. The Labute approximate surface area is 166 Å². The maximum Gasteiger partial charge on any atom is 0.310 e. The van der Waals surface area contributed by atoms with E-state index in [0.717, 1.165) is 10.9 Å². The van der Waals surface area contributed by atoms with E-state index in [4.69, 9.17) is 11.6 Å². The highest BCUT2D eigenvalue weighted by Gasteiger charge is 2.26. The Kier molecular flexibility index (Phi) is 4.55. The molecule has 3 aromatic rings. The van der Waals surface area contributed by atoms with Crippen molar-refractivity contribution in [1.29, 1.82) is 0 Å². The number of benzene rings is 1. The second-order valence-electron chi connectivity index (χ2n) is 7.27. The Balaban J connectivity index is 1.82. The second kappa shape index (κ2) is 6.91. The largest absolute Gasteiger partial charge is 0.364 e. The lowest BCUT2D eigenvalue weighted by Gasteiger charge is -2.11. The smallest absolute Gasteiger partial charge is 0.310 e. The van der Waals surface area contributed by atoms with Gasteiger partial charge in [0.25, 0.3) is 5.56 Å². The predicted molar refractivity (Wildman–Crippen MR) is 109 cm³/mol. The van der Waals surface area contributed by atoms with E-state index in [1.165, 1.54) is 16.2 Å². The first kappa shape index (κ1) is 18.4. The summed E-state index contributed by atoms with van der Waals surface area (Å²) in [5, 5.41) is 15.6. The van der Waals surface area contributed by atoms with Gasteiger partial charge in [0.15, 0.2) is 5.82 Å². The van der Waals surface area contributed by atoms with Crippen molar-refractivity contribution in [1.82, 2.24) is 9.55 Å².